The predicted molar refractivity (Wildman–Crippen MR) is 170 cm³/mol. The normalized spacial score (nSPS) is 15.5. The number of likely N-dealkylation sites (tertiary alicyclic amines) is 1. The Bertz CT molecular complexity index is 1680. The second-order valence-electron chi connectivity index (χ2n) is 11.5. The number of nitrogens with one attached hydrogen (secondary N) is 2. The molecule has 12 nitrogen and oxygen atoms in total. The lowest BCUT2D eigenvalue weighted by atomic mass is 9.89. The third-order valence-corrected chi connectivity index (χ3v) is 8.12. The van der Waals surface area contributed by atoms with Crippen LogP contribution in [0.3, 0.4) is 0 Å². The van der Waals surface area contributed by atoms with Gasteiger partial charge in [0, 0.05) is 32.0 Å². The summed E-state index contributed by atoms with van der Waals surface area (Å²) in [6, 6.07) is 18.6. The summed E-state index contributed by atoms with van der Waals surface area (Å²) in [7, 11) is 0.945. The Labute approximate surface area is 275 Å². The van der Waals surface area contributed by atoms with E-state index in [1.165, 1.54) is 6.92 Å². The van der Waals surface area contributed by atoms with Crippen molar-refractivity contribution in [1.82, 2.24) is 15.5 Å². The van der Waals surface area contributed by atoms with E-state index in [0.717, 1.165) is 48.4 Å². The molecule has 0 aliphatic carbocycles. The van der Waals surface area contributed by atoms with E-state index in [2.05, 4.69) is 15.4 Å². The van der Waals surface area contributed by atoms with Gasteiger partial charge in [0.2, 0.25) is 17.7 Å². The lowest BCUT2D eigenvalue weighted by Crippen LogP contribution is -2.54. The fraction of sp³-hybridized carbons (Fsp3) is 0.314. The zero-order valence-electron chi connectivity index (χ0n) is 26.4. The molecule has 2 atom stereocenters. The van der Waals surface area contributed by atoms with Gasteiger partial charge in [0.1, 0.15) is 12.1 Å². The van der Waals surface area contributed by atoms with Gasteiger partial charge in [-0.3, -0.25) is 14.4 Å². The van der Waals surface area contributed by atoms with Gasteiger partial charge < -0.3 is 30.5 Å². The average Bonchev–Trinajstić information content (AvgIpc) is 3.24. The summed E-state index contributed by atoms with van der Waals surface area (Å²) in [5, 5.41) is 23.9. The van der Waals surface area contributed by atoms with Crippen molar-refractivity contribution in [2.45, 2.75) is 56.9 Å². The topological polar surface area (TPSA) is 179 Å². The Balaban J connectivity index is 1.52. The number of carbonyl (C=O) groups is 6. The van der Waals surface area contributed by atoms with Crippen LogP contribution in [0.25, 0.3) is 11.1 Å². The second kappa shape index (κ2) is 15.3. The van der Waals surface area contributed by atoms with Crippen LogP contribution in [0.5, 0.6) is 0 Å². The first-order valence-corrected chi connectivity index (χ1v) is 15.2. The number of ether oxygens (including phenoxy) is 1. The SMILES string of the molecule is COC(=O)c1cc(C[C@@H](NC(C)=O)C(=O)N[C@@H]2CCCCN(Cc3ccc(-c4ccccc4)cc3)C2=O)ccc1C(F)(C(=O)O)C(=O)O. The molecule has 1 aliphatic heterocycles. The summed E-state index contributed by atoms with van der Waals surface area (Å²) in [5.41, 5.74) is -2.45. The van der Waals surface area contributed by atoms with Gasteiger partial charge in [-0.05, 0) is 47.6 Å². The highest BCUT2D eigenvalue weighted by Crippen LogP contribution is 2.32. The molecule has 1 heterocycles. The molecule has 1 aliphatic rings. The number of halogens is 1. The lowest BCUT2D eigenvalue weighted by Gasteiger charge is -2.27. The summed E-state index contributed by atoms with van der Waals surface area (Å²) < 4.78 is 19.9. The van der Waals surface area contributed by atoms with Crippen molar-refractivity contribution in [1.29, 1.82) is 0 Å². The van der Waals surface area contributed by atoms with Crippen LogP contribution < -0.4 is 10.6 Å². The predicted octanol–water partition coefficient (Wildman–Crippen LogP) is 3.22. The number of rotatable bonds is 12. The number of benzene rings is 3. The Morgan fingerprint density at radius 3 is 2.17 bits per heavy atom. The van der Waals surface area contributed by atoms with Gasteiger partial charge in [0.25, 0.3) is 0 Å². The molecule has 0 radical (unpaired) electrons. The van der Waals surface area contributed by atoms with Gasteiger partial charge in [-0.1, -0.05) is 66.7 Å². The van der Waals surface area contributed by atoms with Crippen molar-refractivity contribution in [2.75, 3.05) is 13.7 Å². The third kappa shape index (κ3) is 8.03. The highest BCUT2D eigenvalue weighted by molar-refractivity contribution is 6.06. The number of hydrogen-bond acceptors (Lipinski definition) is 7. The zero-order valence-corrected chi connectivity index (χ0v) is 26.4. The molecule has 13 heteroatoms. The number of carboxylic acid groups (broad SMARTS) is 2. The number of alkyl halides is 1. The first kappa shape index (κ1) is 35.3. The summed E-state index contributed by atoms with van der Waals surface area (Å²) in [6.07, 6.45) is 1.48. The minimum atomic E-state index is -3.97. The first-order chi connectivity index (χ1) is 22.8. The molecule has 3 aromatic carbocycles. The van der Waals surface area contributed by atoms with Crippen LogP contribution in [0.2, 0.25) is 0 Å². The molecular formula is C35H36FN3O9. The summed E-state index contributed by atoms with van der Waals surface area (Å²) in [4.78, 5) is 76.6. The molecule has 0 bridgehead atoms. The van der Waals surface area contributed by atoms with E-state index in [1.807, 2.05) is 54.6 Å². The van der Waals surface area contributed by atoms with Crippen LogP contribution in [-0.2, 0) is 47.3 Å². The van der Waals surface area contributed by atoms with E-state index < -0.39 is 58.6 Å². The summed E-state index contributed by atoms with van der Waals surface area (Å²) in [6.45, 7) is 2.01. The maximum Gasteiger partial charge on any atom is 0.358 e. The monoisotopic (exact) mass is 661 g/mol. The number of carbonyl (C=O) groups excluding carboxylic acids is 4. The minimum Gasteiger partial charge on any atom is -0.478 e. The number of aliphatic carboxylic acids is 2. The van der Waals surface area contributed by atoms with Gasteiger partial charge in [0.15, 0.2) is 0 Å². The summed E-state index contributed by atoms with van der Waals surface area (Å²) in [5.74, 6) is -7.47. The number of esters is 1. The Morgan fingerprint density at radius 1 is 0.938 bits per heavy atom. The van der Waals surface area contributed by atoms with Crippen LogP contribution >= 0.6 is 0 Å². The van der Waals surface area contributed by atoms with Gasteiger partial charge >= 0.3 is 23.6 Å². The Morgan fingerprint density at radius 2 is 1.56 bits per heavy atom. The molecule has 252 valence electrons. The van der Waals surface area contributed by atoms with Gasteiger partial charge in [-0.25, -0.2) is 18.8 Å². The Kier molecular flexibility index (Phi) is 11.3. The van der Waals surface area contributed by atoms with Crippen molar-refractivity contribution in [2.24, 2.45) is 0 Å². The minimum absolute atomic E-state index is 0.152. The number of methoxy groups -OCH3 is 1. The van der Waals surface area contributed by atoms with Crippen LogP contribution in [0.15, 0.2) is 72.8 Å². The Hall–Kier alpha value is -5.59. The molecule has 4 rings (SSSR count). The molecule has 1 fully saturated rings. The van der Waals surface area contributed by atoms with Crippen LogP contribution in [0, 0.1) is 0 Å². The first-order valence-electron chi connectivity index (χ1n) is 15.2. The molecule has 3 amide bonds. The second-order valence-corrected chi connectivity index (χ2v) is 11.5. The van der Waals surface area contributed by atoms with Crippen LogP contribution in [0.4, 0.5) is 4.39 Å². The highest BCUT2D eigenvalue weighted by Gasteiger charge is 2.51. The molecule has 4 N–H and O–H groups in total. The maximum atomic E-state index is 15.2. The van der Waals surface area contributed by atoms with E-state index in [4.69, 9.17) is 0 Å². The van der Waals surface area contributed by atoms with E-state index in [0.29, 0.717) is 25.9 Å². The maximum absolute atomic E-state index is 15.2. The molecular weight excluding hydrogens is 625 g/mol. The molecule has 0 spiro atoms. The van der Waals surface area contributed by atoms with Gasteiger partial charge in [0.05, 0.1) is 12.7 Å². The fourth-order valence-corrected chi connectivity index (χ4v) is 5.63. The van der Waals surface area contributed by atoms with Crippen molar-refractivity contribution in [3.63, 3.8) is 0 Å². The van der Waals surface area contributed by atoms with E-state index in [-0.39, 0.29) is 17.9 Å². The smallest absolute Gasteiger partial charge is 0.358 e. The number of nitrogens with zero attached hydrogens (tertiary/aromatic N) is 1. The number of amides is 3. The van der Waals surface area contributed by atoms with E-state index in [9.17, 15) is 39.0 Å². The molecule has 0 saturated carbocycles. The fourth-order valence-electron chi connectivity index (χ4n) is 5.63. The van der Waals surface area contributed by atoms with Crippen molar-refractivity contribution in [3.05, 3.63) is 95.1 Å². The van der Waals surface area contributed by atoms with Crippen molar-refractivity contribution in [3.8, 4) is 11.1 Å². The van der Waals surface area contributed by atoms with Gasteiger partial charge in [-0.15, -0.1) is 0 Å². The van der Waals surface area contributed by atoms with Crippen LogP contribution in [-0.4, -0.2) is 76.5 Å². The van der Waals surface area contributed by atoms with Crippen LogP contribution in [0.1, 0.15) is 53.2 Å². The van der Waals surface area contributed by atoms with Crippen molar-refractivity contribution >= 4 is 35.6 Å². The highest BCUT2D eigenvalue weighted by atomic mass is 19.1. The largest absolute Gasteiger partial charge is 0.478 e. The molecule has 0 aromatic heterocycles. The average molecular weight is 662 g/mol. The van der Waals surface area contributed by atoms with Crippen molar-refractivity contribution < 1.29 is 48.1 Å². The molecule has 1 saturated heterocycles. The number of carboxylic acids is 2. The molecule has 0 unspecified atom stereocenters. The standard InChI is InChI=1S/C35H36FN3O9/c1-21(40)37-29(19-23-13-16-27(26(18-23)32(43)48-2)35(36,33(44)45)34(46)47)30(41)38-28-10-6-7-17-39(31(28)42)20-22-11-14-25(15-12-22)24-8-4-3-5-9-24/h3-5,8-9,11-16,18,28-29H,6-7,10,17,19-20H2,1-2H3,(H,37,40)(H,38,41)(H,44,45)(H,46,47)/t28-,29-/m1/s1. The van der Waals surface area contributed by atoms with Gasteiger partial charge in [-0.2, -0.15) is 0 Å². The third-order valence-electron chi connectivity index (χ3n) is 8.12. The van der Waals surface area contributed by atoms with E-state index >= 15 is 4.39 Å². The quantitative estimate of drug-likeness (QED) is 0.168. The molecule has 3 aromatic rings. The molecule has 48 heavy (non-hydrogen) atoms. The number of hydrogen-bond donors (Lipinski definition) is 4. The summed E-state index contributed by atoms with van der Waals surface area (Å²) >= 11 is 0. The lowest BCUT2D eigenvalue weighted by molar-refractivity contribution is -0.168. The zero-order chi connectivity index (χ0) is 35.0. The van der Waals surface area contributed by atoms with E-state index in [1.54, 1.807) is 4.90 Å².